The van der Waals surface area contributed by atoms with Crippen LogP contribution in [-0.4, -0.2) is 41.6 Å². The summed E-state index contributed by atoms with van der Waals surface area (Å²) in [4.78, 5) is 16.3. The lowest BCUT2D eigenvalue weighted by molar-refractivity contribution is -0.118. The van der Waals surface area contributed by atoms with Crippen LogP contribution in [0.2, 0.25) is 0 Å². The van der Waals surface area contributed by atoms with Gasteiger partial charge >= 0.3 is 0 Å². The van der Waals surface area contributed by atoms with Gasteiger partial charge in [0.1, 0.15) is 11.5 Å². The minimum Gasteiger partial charge on any atom is -0.493 e. The Morgan fingerprint density at radius 2 is 1.96 bits per heavy atom. The molecule has 0 unspecified atom stereocenters. The summed E-state index contributed by atoms with van der Waals surface area (Å²) in [5, 5.41) is 2.80. The number of aryl methyl sites for hydroxylation is 1. The number of aromatic nitrogens is 1. The summed E-state index contributed by atoms with van der Waals surface area (Å²) < 4.78 is 28.6. The SMILES string of the molecule is COc1ccc(-c2nc(C[S@@](=O)CC(=O)NCCC(C)C)c(C)o2)cc1OC. The molecule has 1 amide bonds. The molecule has 2 rings (SSSR count). The van der Waals surface area contributed by atoms with E-state index in [-0.39, 0.29) is 17.4 Å². The van der Waals surface area contributed by atoms with E-state index in [2.05, 4.69) is 24.1 Å². The van der Waals surface area contributed by atoms with Gasteiger partial charge in [-0.1, -0.05) is 13.8 Å². The third-order valence-corrected chi connectivity index (χ3v) is 5.34. The maximum Gasteiger partial charge on any atom is 0.232 e. The summed E-state index contributed by atoms with van der Waals surface area (Å²) in [5.74, 6) is 2.60. The van der Waals surface area contributed by atoms with Crippen molar-refractivity contribution in [2.45, 2.75) is 32.9 Å². The predicted octanol–water partition coefficient (Wildman–Crippen LogP) is 3.08. The zero-order chi connectivity index (χ0) is 20.7. The molecule has 28 heavy (non-hydrogen) atoms. The third kappa shape index (κ3) is 6.09. The van der Waals surface area contributed by atoms with Crippen LogP contribution in [0, 0.1) is 12.8 Å². The molecular formula is C20H28N2O5S. The summed E-state index contributed by atoms with van der Waals surface area (Å²) in [7, 11) is 1.77. The number of rotatable bonds is 10. The van der Waals surface area contributed by atoms with Crippen molar-refractivity contribution in [1.82, 2.24) is 10.3 Å². The minimum absolute atomic E-state index is 0.0455. The van der Waals surface area contributed by atoms with E-state index < -0.39 is 10.8 Å². The van der Waals surface area contributed by atoms with E-state index in [1.165, 1.54) is 0 Å². The molecule has 0 spiro atoms. The van der Waals surface area contributed by atoms with Crippen LogP contribution in [-0.2, 0) is 21.3 Å². The molecule has 0 fully saturated rings. The zero-order valence-electron chi connectivity index (χ0n) is 17.0. The monoisotopic (exact) mass is 408 g/mol. The van der Waals surface area contributed by atoms with Gasteiger partial charge in [0.2, 0.25) is 11.8 Å². The normalized spacial score (nSPS) is 12.1. The second-order valence-corrected chi connectivity index (χ2v) is 8.31. The third-order valence-electron chi connectivity index (χ3n) is 4.16. The first-order chi connectivity index (χ1) is 13.3. The molecule has 0 saturated heterocycles. The van der Waals surface area contributed by atoms with Crippen molar-refractivity contribution in [3.63, 3.8) is 0 Å². The van der Waals surface area contributed by atoms with Crippen LogP contribution < -0.4 is 14.8 Å². The Morgan fingerprint density at radius 1 is 1.25 bits per heavy atom. The van der Waals surface area contributed by atoms with E-state index >= 15 is 0 Å². The summed E-state index contributed by atoms with van der Waals surface area (Å²) in [6, 6.07) is 5.36. The van der Waals surface area contributed by atoms with Crippen molar-refractivity contribution in [2.75, 3.05) is 26.5 Å². The number of amides is 1. The van der Waals surface area contributed by atoms with Gasteiger partial charge in [-0.05, 0) is 37.5 Å². The predicted molar refractivity (Wildman–Crippen MR) is 109 cm³/mol. The number of carbonyl (C=O) groups is 1. The largest absolute Gasteiger partial charge is 0.493 e. The molecule has 2 aromatic rings. The van der Waals surface area contributed by atoms with Crippen LogP contribution in [0.25, 0.3) is 11.5 Å². The Bertz CT molecular complexity index is 832. The Hall–Kier alpha value is -2.35. The maximum atomic E-state index is 12.3. The molecule has 0 bridgehead atoms. The van der Waals surface area contributed by atoms with Gasteiger partial charge in [-0.15, -0.1) is 0 Å². The number of hydrogen-bond acceptors (Lipinski definition) is 6. The lowest BCUT2D eigenvalue weighted by Crippen LogP contribution is -2.30. The Balaban J connectivity index is 2.02. The van der Waals surface area contributed by atoms with Gasteiger partial charge in [0, 0.05) is 22.9 Å². The molecule has 1 heterocycles. The van der Waals surface area contributed by atoms with E-state index in [9.17, 15) is 9.00 Å². The van der Waals surface area contributed by atoms with Gasteiger partial charge < -0.3 is 19.2 Å². The number of ether oxygens (including phenoxy) is 2. The van der Waals surface area contributed by atoms with Crippen LogP contribution in [0.3, 0.4) is 0 Å². The molecule has 154 valence electrons. The number of oxazole rings is 1. The van der Waals surface area contributed by atoms with Crippen molar-refractivity contribution >= 4 is 16.7 Å². The molecule has 0 saturated carbocycles. The number of hydrogen-bond donors (Lipinski definition) is 1. The summed E-state index contributed by atoms with van der Waals surface area (Å²) in [6.45, 7) is 6.55. The molecule has 1 atom stereocenters. The van der Waals surface area contributed by atoms with Crippen molar-refractivity contribution in [1.29, 1.82) is 0 Å². The number of benzene rings is 1. The Labute approximate surface area is 168 Å². The van der Waals surface area contributed by atoms with Gasteiger partial charge in [0.15, 0.2) is 11.5 Å². The van der Waals surface area contributed by atoms with Crippen molar-refractivity contribution in [3.8, 4) is 23.0 Å². The van der Waals surface area contributed by atoms with Gasteiger partial charge in [-0.25, -0.2) is 4.98 Å². The first-order valence-corrected chi connectivity index (χ1v) is 10.6. The number of methoxy groups -OCH3 is 2. The van der Waals surface area contributed by atoms with Crippen LogP contribution in [0.5, 0.6) is 11.5 Å². The standard InChI is InChI=1S/C20H28N2O5S/c1-13(2)8-9-21-19(23)12-28(24)11-16-14(3)27-20(22-16)15-6-7-17(25-4)18(10-15)26-5/h6-7,10,13H,8-9,11-12H2,1-5H3,(H,21,23)/t28-/m1/s1. The van der Waals surface area contributed by atoms with Crippen molar-refractivity contribution in [3.05, 3.63) is 29.7 Å². The smallest absolute Gasteiger partial charge is 0.232 e. The molecule has 7 nitrogen and oxygen atoms in total. The molecule has 0 aliphatic rings. The number of nitrogens with one attached hydrogen (secondary N) is 1. The highest BCUT2D eigenvalue weighted by Crippen LogP contribution is 2.32. The van der Waals surface area contributed by atoms with Crippen LogP contribution in [0.15, 0.2) is 22.6 Å². The highest BCUT2D eigenvalue weighted by molar-refractivity contribution is 7.84. The molecule has 1 aromatic heterocycles. The molecule has 0 aliphatic heterocycles. The topological polar surface area (TPSA) is 90.7 Å². The highest BCUT2D eigenvalue weighted by Gasteiger charge is 2.17. The number of carbonyl (C=O) groups excluding carboxylic acids is 1. The average Bonchev–Trinajstić information content (AvgIpc) is 3.01. The highest BCUT2D eigenvalue weighted by atomic mass is 32.2. The van der Waals surface area contributed by atoms with E-state index in [0.717, 1.165) is 12.0 Å². The van der Waals surface area contributed by atoms with E-state index in [4.69, 9.17) is 13.9 Å². The Kier molecular flexibility index (Phi) is 8.04. The molecule has 1 N–H and O–H groups in total. The Morgan fingerprint density at radius 3 is 2.61 bits per heavy atom. The van der Waals surface area contributed by atoms with E-state index in [0.29, 0.717) is 41.3 Å². The van der Waals surface area contributed by atoms with E-state index in [1.54, 1.807) is 33.3 Å². The quantitative estimate of drug-likeness (QED) is 0.650. The van der Waals surface area contributed by atoms with Gasteiger partial charge in [0.25, 0.3) is 0 Å². The zero-order valence-corrected chi connectivity index (χ0v) is 17.9. The average molecular weight is 409 g/mol. The molecule has 0 aliphatic carbocycles. The summed E-state index contributed by atoms with van der Waals surface area (Å²) in [6.07, 6.45) is 0.898. The first kappa shape index (κ1) is 21.9. The van der Waals surface area contributed by atoms with Gasteiger partial charge in [-0.3, -0.25) is 9.00 Å². The second-order valence-electron chi connectivity index (χ2n) is 6.85. The fourth-order valence-electron chi connectivity index (χ4n) is 2.56. The minimum atomic E-state index is -1.36. The molecule has 8 heteroatoms. The molecule has 1 aromatic carbocycles. The molecule has 0 radical (unpaired) electrons. The second kappa shape index (κ2) is 10.3. The van der Waals surface area contributed by atoms with Gasteiger partial charge in [0.05, 0.1) is 25.7 Å². The van der Waals surface area contributed by atoms with Crippen LogP contribution in [0.1, 0.15) is 31.7 Å². The van der Waals surface area contributed by atoms with Crippen LogP contribution in [0.4, 0.5) is 0 Å². The molecular weight excluding hydrogens is 380 g/mol. The van der Waals surface area contributed by atoms with Crippen molar-refractivity contribution in [2.24, 2.45) is 5.92 Å². The van der Waals surface area contributed by atoms with Crippen LogP contribution >= 0.6 is 0 Å². The van der Waals surface area contributed by atoms with Crippen molar-refractivity contribution < 1.29 is 22.9 Å². The summed E-state index contributed by atoms with van der Waals surface area (Å²) in [5.41, 5.74) is 1.31. The number of nitrogens with zero attached hydrogens (tertiary/aromatic N) is 1. The lowest BCUT2D eigenvalue weighted by atomic mass is 10.1. The fourth-order valence-corrected chi connectivity index (χ4v) is 3.63. The van der Waals surface area contributed by atoms with E-state index in [1.807, 2.05) is 6.07 Å². The fraction of sp³-hybridized carbons (Fsp3) is 0.500. The van der Waals surface area contributed by atoms with Gasteiger partial charge in [-0.2, -0.15) is 0 Å². The summed E-state index contributed by atoms with van der Waals surface area (Å²) >= 11 is 0. The lowest BCUT2D eigenvalue weighted by Gasteiger charge is -2.07. The first-order valence-electron chi connectivity index (χ1n) is 9.14. The maximum absolute atomic E-state index is 12.3.